The van der Waals surface area contributed by atoms with Crippen LogP contribution in [0, 0.1) is 13.8 Å². The molecule has 2 heterocycles. The number of nitrogens with one attached hydrogen (secondary N) is 1. The Kier molecular flexibility index (Phi) is 3.82. The number of hydrogen-bond acceptors (Lipinski definition) is 5. The molecule has 1 N–H and O–H groups in total. The second-order valence-electron chi connectivity index (χ2n) is 5.18. The number of carbonyl (C=O) groups is 1. The molecule has 0 aliphatic carbocycles. The van der Waals surface area contributed by atoms with E-state index in [2.05, 4.69) is 25.2 Å². The molecule has 112 valence electrons. The largest absolute Gasteiger partial charge is 0.352 e. The van der Waals surface area contributed by atoms with Gasteiger partial charge in [0.25, 0.3) is 0 Å². The van der Waals surface area contributed by atoms with Crippen molar-refractivity contribution in [2.75, 3.05) is 0 Å². The molecule has 0 unspecified atom stereocenters. The molecule has 0 radical (unpaired) electrons. The molecule has 0 saturated heterocycles. The Hall–Kier alpha value is -2.76. The van der Waals surface area contributed by atoms with Crippen LogP contribution >= 0.6 is 0 Å². The van der Waals surface area contributed by atoms with Gasteiger partial charge in [0.2, 0.25) is 5.91 Å². The third-order valence-corrected chi connectivity index (χ3v) is 3.67. The zero-order valence-corrected chi connectivity index (χ0v) is 12.5. The Morgan fingerprint density at radius 1 is 1.23 bits per heavy atom. The Labute approximate surface area is 127 Å². The Morgan fingerprint density at radius 3 is 2.86 bits per heavy atom. The number of pyridine rings is 1. The monoisotopic (exact) mass is 296 g/mol. The second kappa shape index (κ2) is 5.93. The molecule has 1 amide bonds. The molecule has 0 fully saturated rings. The van der Waals surface area contributed by atoms with Gasteiger partial charge in [-0.25, -0.2) is 4.63 Å². The van der Waals surface area contributed by atoms with Crippen molar-refractivity contribution >= 4 is 16.8 Å². The lowest BCUT2D eigenvalue weighted by molar-refractivity contribution is -0.120. The maximum atomic E-state index is 12.0. The van der Waals surface area contributed by atoms with E-state index in [9.17, 15) is 4.79 Å². The summed E-state index contributed by atoms with van der Waals surface area (Å²) in [5, 5.41) is 11.4. The minimum Gasteiger partial charge on any atom is -0.352 e. The molecule has 0 spiro atoms. The van der Waals surface area contributed by atoms with E-state index in [1.807, 2.05) is 31.2 Å². The lowest BCUT2D eigenvalue weighted by Gasteiger charge is -2.11. The van der Waals surface area contributed by atoms with Crippen LogP contribution in [0.15, 0.2) is 35.1 Å². The van der Waals surface area contributed by atoms with Crippen molar-refractivity contribution in [2.45, 2.75) is 26.8 Å². The van der Waals surface area contributed by atoms with Crippen LogP contribution in [-0.2, 0) is 17.8 Å². The van der Waals surface area contributed by atoms with E-state index in [-0.39, 0.29) is 12.3 Å². The molecular formula is C16H16N4O2. The smallest absolute Gasteiger partial charge is 0.226 e. The highest BCUT2D eigenvalue weighted by atomic mass is 16.6. The van der Waals surface area contributed by atoms with Gasteiger partial charge in [0, 0.05) is 18.1 Å². The van der Waals surface area contributed by atoms with Crippen molar-refractivity contribution in [1.29, 1.82) is 0 Å². The van der Waals surface area contributed by atoms with Crippen LogP contribution in [0.3, 0.4) is 0 Å². The number of nitrogens with zero attached hydrogens (tertiary/aromatic N) is 3. The SMILES string of the molecule is Cc1ccc2ncccc2c1CNC(=O)Cc1nonc1C. The minimum atomic E-state index is -0.112. The predicted molar refractivity (Wildman–Crippen MR) is 81.1 cm³/mol. The molecule has 3 rings (SSSR count). The van der Waals surface area contributed by atoms with Gasteiger partial charge in [-0.05, 0) is 37.1 Å². The van der Waals surface area contributed by atoms with Gasteiger partial charge in [0.1, 0.15) is 11.4 Å². The highest BCUT2D eigenvalue weighted by Crippen LogP contribution is 2.20. The molecule has 1 aromatic carbocycles. The predicted octanol–water partition coefficient (Wildman–Crippen LogP) is 2.09. The first-order chi connectivity index (χ1) is 10.6. The zero-order chi connectivity index (χ0) is 15.5. The first-order valence-corrected chi connectivity index (χ1v) is 7.03. The summed E-state index contributed by atoms with van der Waals surface area (Å²) in [6, 6.07) is 7.92. The summed E-state index contributed by atoms with van der Waals surface area (Å²) >= 11 is 0. The molecule has 6 nitrogen and oxygen atoms in total. The summed E-state index contributed by atoms with van der Waals surface area (Å²) in [6.07, 6.45) is 1.93. The van der Waals surface area contributed by atoms with Gasteiger partial charge in [0.05, 0.1) is 11.9 Å². The topological polar surface area (TPSA) is 80.9 Å². The standard InChI is InChI=1S/C16H16N4O2/c1-10-5-6-14-12(4-3-7-17-14)13(10)9-18-16(21)8-15-11(2)19-22-20-15/h3-7H,8-9H2,1-2H3,(H,18,21). The van der Waals surface area contributed by atoms with Gasteiger partial charge in [-0.15, -0.1) is 0 Å². The number of aryl methyl sites for hydroxylation is 2. The van der Waals surface area contributed by atoms with E-state index < -0.39 is 0 Å². The van der Waals surface area contributed by atoms with Crippen LogP contribution in [0.2, 0.25) is 0 Å². The Bertz CT molecular complexity index is 826. The van der Waals surface area contributed by atoms with Crippen LogP contribution in [0.5, 0.6) is 0 Å². The summed E-state index contributed by atoms with van der Waals surface area (Å²) in [5.74, 6) is -0.112. The minimum absolute atomic E-state index is 0.112. The summed E-state index contributed by atoms with van der Waals surface area (Å²) in [7, 11) is 0. The van der Waals surface area contributed by atoms with Crippen molar-refractivity contribution < 1.29 is 9.42 Å². The molecule has 3 aromatic rings. The summed E-state index contributed by atoms with van der Waals surface area (Å²) < 4.78 is 4.60. The molecule has 6 heteroatoms. The molecule has 0 saturated carbocycles. The first-order valence-electron chi connectivity index (χ1n) is 7.03. The Balaban J connectivity index is 1.75. The normalized spacial score (nSPS) is 10.8. The number of benzene rings is 1. The average Bonchev–Trinajstić information content (AvgIpc) is 2.91. The maximum Gasteiger partial charge on any atom is 0.226 e. The van der Waals surface area contributed by atoms with E-state index in [1.165, 1.54) is 0 Å². The van der Waals surface area contributed by atoms with Gasteiger partial charge in [-0.3, -0.25) is 9.78 Å². The van der Waals surface area contributed by atoms with E-state index in [0.717, 1.165) is 22.0 Å². The van der Waals surface area contributed by atoms with Crippen molar-refractivity contribution in [1.82, 2.24) is 20.6 Å². The highest BCUT2D eigenvalue weighted by molar-refractivity contribution is 5.84. The fraction of sp³-hybridized carbons (Fsp3) is 0.250. The van der Waals surface area contributed by atoms with E-state index in [4.69, 9.17) is 0 Å². The van der Waals surface area contributed by atoms with Gasteiger partial charge in [-0.2, -0.15) is 0 Å². The Morgan fingerprint density at radius 2 is 2.09 bits per heavy atom. The quantitative estimate of drug-likeness (QED) is 0.797. The summed E-state index contributed by atoms with van der Waals surface area (Å²) in [6.45, 7) is 4.25. The molecule has 2 aromatic heterocycles. The number of hydrogen-bond donors (Lipinski definition) is 1. The van der Waals surface area contributed by atoms with Crippen LogP contribution in [0.1, 0.15) is 22.5 Å². The third-order valence-electron chi connectivity index (χ3n) is 3.67. The maximum absolute atomic E-state index is 12.0. The number of carbonyl (C=O) groups excluding carboxylic acids is 1. The molecule has 0 aliphatic rings. The molecule has 22 heavy (non-hydrogen) atoms. The first kappa shape index (κ1) is 14.2. The number of aromatic nitrogens is 3. The zero-order valence-electron chi connectivity index (χ0n) is 12.5. The lowest BCUT2D eigenvalue weighted by atomic mass is 10.0. The number of amides is 1. The number of fused-ring (bicyclic) bond motifs is 1. The average molecular weight is 296 g/mol. The van der Waals surface area contributed by atoms with Gasteiger partial charge in [-0.1, -0.05) is 22.4 Å². The van der Waals surface area contributed by atoms with E-state index in [0.29, 0.717) is 17.9 Å². The van der Waals surface area contributed by atoms with Crippen molar-refractivity contribution in [3.05, 3.63) is 53.0 Å². The van der Waals surface area contributed by atoms with Crippen LogP contribution in [-0.4, -0.2) is 21.2 Å². The van der Waals surface area contributed by atoms with Gasteiger partial charge >= 0.3 is 0 Å². The molecule has 0 bridgehead atoms. The fourth-order valence-corrected chi connectivity index (χ4v) is 2.37. The van der Waals surface area contributed by atoms with Crippen LogP contribution in [0.25, 0.3) is 10.9 Å². The second-order valence-corrected chi connectivity index (χ2v) is 5.18. The van der Waals surface area contributed by atoms with E-state index in [1.54, 1.807) is 13.1 Å². The van der Waals surface area contributed by atoms with Gasteiger partial charge < -0.3 is 5.32 Å². The van der Waals surface area contributed by atoms with Crippen LogP contribution in [0.4, 0.5) is 0 Å². The fourth-order valence-electron chi connectivity index (χ4n) is 2.37. The lowest BCUT2D eigenvalue weighted by Crippen LogP contribution is -2.25. The number of rotatable bonds is 4. The van der Waals surface area contributed by atoms with Gasteiger partial charge in [0.15, 0.2) is 0 Å². The van der Waals surface area contributed by atoms with Crippen molar-refractivity contribution in [3.8, 4) is 0 Å². The van der Waals surface area contributed by atoms with Crippen molar-refractivity contribution in [3.63, 3.8) is 0 Å². The van der Waals surface area contributed by atoms with Crippen LogP contribution < -0.4 is 5.32 Å². The summed E-state index contributed by atoms with van der Waals surface area (Å²) in [4.78, 5) is 16.4. The summed E-state index contributed by atoms with van der Waals surface area (Å²) in [5.41, 5.74) is 4.33. The van der Waals surface area contributed by atoms with Crippen molar-refractivity contribution in [2.24, 2.45) is 0 Å². The molecule has 0 atom stereocenters. The highest BCUT2D eigenvalue weighted by Gasteiger charge is 2.12. The molecule has 0 aliphatic heterocycles. The third kappa shape index (κ3) is 2.81. The molecular weight excluding hydrogens is 280 g/mol. The van der Waals surface area contributed by atoms with E-state index >= 15 is 0 Å².